The van der Waals surface area contributed by atoms with Gasteiger partial charge in [0.15, 0.2) is 0 Å². The number of carbonyl (C=O) groups is 2. The van der Waals surface area contributed by atoms with Crippen molar-refractivity contribution in [1.82, 2.24) is 10.4 Å². The fourth-order valence-electron chi connectivity index (χ4n) is 1.93. The van der Waals surface area contributed by atoms with E-state index in [-0.39, 0.29) is 24.9 Å². The SMILES string of the molecule is CN(CC(=O)O)NC(=O)C[C@@H](N)[C@@H]1C[C@@H]1CN. The summed E-state index contributed by atoms with van der Waals surface area (Å²) in [7, 11) is 1.50. The number of carboxylic acid groups (broad SMARTS) is 1. The van der Waals surface area contributed by atoms with Crippen LogP contribution in [0.4, 0.5) is 0 Å². The molecule has 0 aromatic rings. The molecule has 0 bridgehead atoms. The molecule has 6 N–H and O–H groups in total. The third-order valence-corrected chi connectivity index (χ3v) is 2.94. The fourth-order valence-corrected chi connectivity index (χ4v) is 1.93. The molecule has 1 aliphatic rings. The van der Waals surface area contributed by atoms with Crippen LogP contribution < -0.4 is 16.9 Å². The van der Waals surface area contributed by atoms with Gasteiger partial charge < -0.3 is 16.6 Å². The molecule has 0 unspecified atom stereocenters. The molecular weight excluding hydrogens is 224 g/mol. The fraction of sp³-hybridized carbons (Fsp3) is 0.800. The van der Waals surface area contributed by atoms with Crippen molar-refractivity contribution < 1.29 is 14.7 Å². The molecule has 0 aromatic carbocycles. The van der Waals surface area contributed by atoms with Gasteiger partial charge in [-0.1, -0.05) is 0 Å². The van der Waals surface area contributed by atoms with Crippen molar-refractivity contribution in [2.24, 2.45) is 23.3 Å². The summed E-state index contributed by atoms with van der Waals surface area (Å²) in [5.41, 5.74) is 13.8. The number of hydrazine groups is 1. The molecule has 0 aromatic heterocycles. The van der Waals surface area contributed by atoms with Gasteiger partial charge in [0.2, 0.25) is 5.91 Å². The third kappa shape index (κ3) is 4.68. The first-order valence-corrected chi connectivity index (χ1v) is 5.62. The van der Waals surface area contributed by atoms with Crippen molar-refractivity contribution >= 4 is 11.9 Å². The zero-order valence-corrected chi connectivity index (χ0v) is 9.93. The van der Waals surface area contributed by atoms with Crippen molar-refractivity contribution in [3.63, 3.8) is 0 Å². The van der Waals surface area contributed by atoms with Crippen molar-refractivity contribution in [3.05, 3.63) is 0 Å². The van der Waals surface area contributed by atoms with Crippen LogP contribution in [0.1, 0.15) is 12.8 Å². The number of rotatable bonds is 7. The molecule has 1 amide bonds. The standard InChI is InChI=1S/C10H20N4O3/c1-14(5-10(16)17)13-9(15)3-8(12)7-2-6(7)4-11/h6-8H,2-5,11-12H2,1H3,(H,13,15)(H,16,17)/t6-,7-,8-/m1/s1. The molecule has 98 valence electrons. The number of nitrogens with one attached hydrogen (secondary N) is 1. The van der Waals surface area contributed by atoms with Crippen molar-refractivity contribution in [2.75, 3.05) is 20.1 Å². The third-order valence-electron chi connectivity index (χ3n) is 2.94. The van der Waals surface area contributed by atoms with Crippen LogP contribution in [-0.2, 0) is 9.59 Å². The quantitative estimate of drug-likeness (QED) is 0.398. The topological polar surface area (TPSA) is 122 Å². The largest absolute Gasteiger partial charge is 0.480 e. The summed E-state index contributed by atoms with van der Waals surface area (Å²) in [6.07, 6.45) is 1.18. The number of nitrogens with two attached hydrogens (primary N) is 2. The van der Waals surface area contributed by atoms with Gasteiger partial charge in [-0.05, 0) is 24.8 Å². The minimum Gasteiger partial charge on any atom is -0.480 e. The van der Waals surface area contributed by atoms with Crippen molar-refractivity contribution in [2.45, 2.75) is 18.9 Å². The molecule has 1 saturated carbocycles. The monoisotopic (exact) mass is 244 g/mol. The Labute approximate surface area is 100 Å². The lowest BCUT2D eigenvalue weighted by molar-refractivity contribution is -0.139. The Morgan fingerprint density at radius 3 is 2.71 bits per heavy atom. The van der Waals surface area contributed by atoms with Crippen LogP contribution in [-0.4, -0.2) is 48.2 Å². The van der Waals surface area contributed by atoms with Gasteiger partial charge in [-0.2, -0.15) is 0 Å². The molecule has 7 nitrogen and oxygen atoms in total. The lowest BCUT2D eigenvalue weighted by Crippen LogP contribution is -2.44. The average molecular weight is 244 g/mol. The van der Waals surface area contributed by atoms with E-state index in [1.807, 2.05) is 0 Å². The van der Waals surface area contributed by atoms with Gasteiger partial charge in [0.05, 0.1) is 0 Å². The van der Waals surface area contributed by atoms with Gasteiger partial charge >= 0.3 is 5.97 Å². The highest BCUT2D eigenvalue weighted by Gasteiger charge is 2.40. The van der Waals surface area contributed by atoms with E-state index in [4.69, 9.17) is 16.6 Å². The first kappa shape index (κ1) is 13.9. The Balaban J connectivity index is 2.23. The first-order chi connectivity index (χ1) is 7.93. The summed E-state index contributed by atoms with van der Waals surface area (Å²) in [6, 6.07) is -0.193. The second-order valence-electron chi connectivity index (χ2n) is 4.55. The van der Waals surface area contributed by atoms with Gasteiger partial charge in [0, 0.05) is 19.5 Å². The molecule has 1 aliphatic carbocycles. The Kier molecular flexibility index (Phi) is 4.86. The number of carbonyl (C=O) groups excluding carboxylic acids is 1. The summed E-state index contributed by atoms with van der Waals surface area (Å²) in [4.78, 5) is 21.9. The highest BCUT2D eigenvalue weighted by Crippen LogP contribution is 2.40. The van der Waals surface area contributed by atoms with Gasteiger partial charge in [-0.25, -0.2) is 5.01 Å². The van der Waals surface area contributed by atoms with E-state index in [9.17, 15) is 9.59 Å². The van der Waals surface area contributed by atoms with E-state index in [1.54, 1.807) is 0 Å². The van der Waals surface area contributed by atoms with Crippen LogP contribution in [0.15, 0.2) is 0 Å². The van der Waals surface area contributed by atoms with Crippen LogP contribution in [0.3, 0.4) is 0 Å². The number of likely N-dealkylation sites (N-methyl/N-ethyl adjacent to an activating group) is 1. The highest BCUT2D eigenvalue weighted by molar-refractivity contribution is 5.77. The first-order valence-electron chi connectivity index (χ1n) is 5.62. The number of hydrogen-bond acceptors (Lipinski definition) is 5. The van der Waals surface area contributed by atoms with Gasteiger partial charge in [0.25, 0.3) is 0 Å². The van der Waals surface area contributed by atoms with Crippen LogP contribution in [0, 0.1) is 11.8 Å². The summed E-state index contributed by atoms with van der Waals surface area (Å²) < 4.78 is 0. The highest BCUT2D eigenvalue weighted by atomic mass is 16.4. The molecule has 1 fully saturated rings. The van der Waals surface area contributed by atoms with E-state index < -0.39 is 5.97 Å². The molecule has 1 rings (SSSR count). The summed E-state index contributed by atoms with van der Waals surface area (Å²) in [6.45, 7) is 0.370. The van der Waals surface area contributed by atoms with E-state index in [0.717, 1.165) is 6.42 Å². The van der Waals surface area contributed by atoms with E-state index in [2.05, 4.69) is 5.43 Å². The maximum Gasteiger partial charge on any atom is 0.319 e. The summed E-state index contributed by atoms with van der Waals surface area (Å²) >= 11 is 0. The van der Waals surface area contributed by atoms with E-state index in [0.29, 0.717) is 18.4 Å². The van der Waals surface area contributed by atoms with Crippen molar-refractivity contribution in [1.29, 1.82) is 0 Å². The molecular formula is C10H20N4O3. The van der Waals surface area contributed by atoms with Crippen LogP contribution >= 0.6 is 0 Å². The molecule has 0 spiro atoms. The maximum atomic E-state index is 11.5. The molecule has 0 saturated heterocycles. The predicted octanol–water partition coefficient (Wildman–Crippen LogP) is -1.65. The Morgan fingerprint density at radius 2 is 2.24 bits per heavy atom. The minimum atomic E-state index is -0.998. The van der Waals surface area contributed by atoms with Crippen LogP contribution in [0.25, 0.3) is 0 Å². The van der Waals surface area contributed by atoms with Crippen molar-refractivity contribution in [3.8, 4) is 0 Å². The lowest BCUT2D eigenvalue weighted by atomic mass is 10.1. The van der Waals surface area contributed by atoms with Gasteiger partial charge in [0.1, 0.15) is 6.54 Å². The summed E-state index contributed by atoms with van der Waals surface area (Å²) in [5.74, 6) is -0.489. The lowest BCUT2D eigenvalue weighted by Gasteiger charge is -2.17. The molecule has 3 atom stereocenters. The Bertz CT molecular complexity index is 297. The number of nitrogens with zero attached hydrogens (tertiary/aromatic N) is 1. The van der Waals surface area contributed by atoms with E-state index in [1.165, 1.54) is 12.1 Å². The molecule has 0 heterocycles. The predicted molar refractivity (Wildman–Crippen MR) is 61.7 cm³/mol. The normalized spacial score (nSPS) is 24.5. The van der Waals surface area contributed by atoms with E-state index >= 15 is 0 Å². The zero-order valence-electron chi connectivity index (χ0n) is 9.93. The molecule has 7 heteroatoms. The van der Waals surface area contributed by atoms with Gasteiger partial charge in [-0.3, -0.25) is 15.0 Å². The van der Waals surface area contributed by atoms with Crippen LogP contribution in [0.5, 0.6) is 0 Å². The second kappa shape index (κ2) is 5.95. The Morgan fingerprint density at radius 1 is 1.59 bits per heavy atom. The summed E-state index contributed by atoms with van der Waals surface area (Å²) in [5, 5.41) is 9.74. The number of amides is 1. The average Bonchev–Trinajstić information content (AvgIpc) is 2.94. The second-order valence-corrected chi connectivity index (χ2v) is 4.55. The number of aliphatic carboxylic acids is 1. The van der Waals surface area contributed by atoms with Crippen LogP contribution in [0.2, 0.25) is 0 Å². The molecule has 0 aliphatic heterocycles. The molecule has 0 radical (unpaired) electrons. The number of carboxylic acids is 1. The smallest absolute Gasteiger partial charge is 0.319 e. The maximum absolute atomic E-state index is 11.5. The van der Waals surface area contributed by atoms with Gasteiger partial charge in [-0.15, -0.1) is 0 Å². The minimum absolute atomic E-state index is 0.193. The zero-order chi connectivity index (χ0) is 13.0. The Hall–Kier alpha value is -1.18. The number of hydrogen-bond donors (Lipinski definition) is 4. The molecule has 17 heavy (non-hydrogen) atoms.